The van der Waals surface area contributed by atoms with Gasteiger partial charge in [-0.2, -0.15) is 0 Å². The highest BCUT2D eigenvalue weighted by Crippen LogP contribution is 2.33. The topological polar surface area (TPSA) is 32.7 Å². The molecule has 1 aliphatic carbocycles. The Morgan fingerprint density at radius 3 is 2.95 bits per heavy atom. The fourth-order valence-electron chi connectivity index (χ4n) is 2.22. The second kappa shape index (κ2) is 5.37. The van der Waals surface area contributed by atoms with Crippen LogP contribution in [0.25, 0.3) is 0 Å². The molecular formula is C15H18N2OS. The first-order chi connectivity index (χ1) is 9.25. The minimum Gasteiger partial charge on any atom is -0.289 e. The van der Waals surface area contributed by atoms with Crippen molar-refractivity contribution in [3.05, 3.63) is 35.4 Å². The maximum Gasteiger partial charge on any atom is 0.231 e. The third kappa shape index (κ3) is 2.84. The largest absolute Gasteiger partial charge is 0.289 e. The van der Waals surface area contributed by atoms with E-state index in [1.807, 2.05) is 4.90 Å². The van der Waals surface area contributed by atoms with E-state index in [4.69, 9.17) is 0 Å². The summed E-state index contributed by atoms with van der Waals surface area (Å²) in [6, 6.07) is 8.39. The Morgan fingerprint density at radius 2 is 2.21 bits per heavy atom. The van der Waals surface area contributed by atoms with Crippen molar-refractivity contribution < 1.29 is 4.79 Å². The van der Waals surface area contributed by atoms with Gasteiger partial charge in [-0.1, -0.05) is 36.0 Å². The lowest BCUT2D eigenvalue weighted by atomic mass is 10.1. The van der Waals surface area contributed by atoms with Gasteiger partial charge in [-0.3, -0.25) is 14.7 Å². The Bertz CT molecular complexity index is 523. The third-order valence-corrected chi connectivity index (χ3v) is 4.68. The predicted octanol–water partition coefficient (Wildman–Crippen LogP) is 2.84. The molecule has 1 saturated carbocycles. The first-order valence-electron chi connectivity index (χ1n) is 6.79. The summed E-state index contributed by atoms with van der Waals surface area (Å²) in [4.78, 5) is 18.5. The number of amides is 1. The second-order valence-electron chi connectivity index (χ2n) is 5.14. The molecule has 0 atom stereocenters. The zero-order chi connectivity index (χ0) is 13.2. The fraction of sp³-hybridized carbons (Fsp3) is 0.467. The van der Waals surface area contributed by atoms with Crippen molar-refractivity contribution >= 4 is 22.8 Å². The van der Waals surface area contributed by atoms with Gasteiger partial charge in [0.2, 0.25) is 5.91 Å². The van der Waals surface area contributed by atoms with Gasteiger partial charge in [-0.05, 0) is 30.9 Å². The maximum atomic E-state index is 12.1. The van der Waals surface area contributed by atoms with Crippen molar-refractivity contribution in [1.29, 1.82) is 0 Å². The highest BCUT2D eigenvalue weighted by atomic mass is 32.2. The Labute approximate surface area is 118 Å². The van der Waals surface area contributed by atoms with Crippen molar-refractivity contribution in [2.45, 2.75) is 25.5 Å². The van der Waals surface area contributed by atoms with Gasteiger partial charge in [0.1, 0.15) is 0 Å². The smallest absolute Gasteiger partial charge is 0.231 e. The van der Waals surface area contributed by atoms with E-state index in [0.717, 1.165) is 36.9 Å². The molecule has 0 N–H and O–H groups in total. The van der Waals surface area contributed by atoms with E-state index in [9.17, 15) is 4.79 Å². The molecule has 0 unspecified atom stereocenters. The standard InChI is InChI=1S/C15H18N2OS/c1-11-4-2-3-5-13(11)10-19-15-16-8-9-17(15)14(18)12-6-7-12/h2-5,12H,6-10H2,1H3. The normalized spacial score (nSPS) is 18.6. The van der Waals surface area contributed by atoms with Crippen molar-refractivity contribution in [2.75, 3.05) is 13.1 Å². The number of carbonyl (C=O) groups is 1. The van der Waals surface area contributed by atoms with Crippen LogP contribution in [0.4, 0.5) is 0 Å². The van der Waals surface area contributed by atoms with Crippen LogP contribution in [0.2, 0.25) is 0 Å². The average molecular weight is 274 g/mol. The number of nitrogens with zero attached hydrogens (tertiary/aromatic N) is 2. The molecule has 1 aromatic carbocycles. The van der Waals surface area contributed by atoms with E-state index in [1.165, 1.54) is 11.1 Å². The van der Waals surface area contributed by atoms with E-state index in [2.05, 4.69) is 36.2 Å². The molecule has 19 heavy (non-hydrogen) atoms. The van der Waals surface area contributed by atoms with Crippen LogP contribution in [0.1, 0.15) is 24.0 Å². The minimum absolute atomic E-state index is 0.280. The van der Waals surface area contributed by atoms with Crippen LogP contribution in [0.3, 0.4) is 0 Å². The number of aliphatic imine (C=N–C) groups is 1. The molecule has 0 spiro atoms. The van der Waals surface area contributed by atoms with Crippen LogP contribution >= 0.6 is 11.8 Å². The van der Waals surface area contributed by atoms with Gasteiger partial charge in [0.15, 0.2) is 5.17 Å². The van der Waals surface area contributed by atoms with E-state index < -0.39 is 0 Å². The van der Waals surface area contributed by atoms with Gasteiger partial charge in [-0.25, -0.2) is 0 Å². The molecule has 2 aliphatic rings. The van der Waals surface area contributed by atoms with Gasteiger partial charge >= 0.3 is 0 Å². The zero-order valence-corrected chi connectivity index (χ0v) is 11.9. The highest BCUT2D eigenvalue weighted by Gasteiger charge is 2.36. The number of hydrogen-bond acceptors (Lipinski definition) is 3. The molecule has 0 aromatic heterocycles. The number of thioether (sulfide) groups is 1. The molecule has 3 rings (SSSR count). The van der Waals surface area contributed by atoms with Crippen molar-refractivity contribution in [3.63, 3.8) is 0 Å². The molecule has 4 heteroatoms. The summed E-state index contributed by atoms with van der Waals surface area (Å²) >= 11 is 1.69. The maximum absolute atomic E-state index is 12.1. The number of carbonyl (C=O) groups excluding carboxylic acids is 1. The SMILES string of the molecule is Cc1ccccc1CSC1=NCCN1C(=O)C1CC1. The van der Waals surface area contributed by atoms with Gasteiger partial charge in [0.25, 0.3) is 0 Å². The number of amidine groups is 1. The second-order valence-corrected chi connectivity index (χ2v) is 6.09. The Balaban J connectivity index is 1.63. The van der Waals surface area contributed by atoms with E-state index in [0.29, 0.717) is 0 Å². The van der Waals surface area contributed by atoms with Gasteiger partial charge < -0.3 is 0 Å². The lowest BCUT2D eigenvalue weighted by molar-refractivity contribution is -0.128. The predicted molar refractivity (Wildman–Crippen MR) is 79.2 cm³/mol. The summed E-state index contributed by atoms with van der Waals surface area (Å²) in [6.45, 7) is 3.65. The third-order valence-electron chi connectivity index (χ3n) is 3.61. The quantitative estimate of drug-likeness (QED) is 0.849. The molecule has 1 aliphatic heterocycles. The van der Waals surface area contributed by atoms with Crippen molar-refractivity contribution in [3.8, 4) is 0 Å². The van der Waals surface area contributed by atoms with E-state index >= 15 is 0 Å². The van der Waals surface area contributed by atoms with Crippen LogP contribution in [0.5, 0.6) is 0 Å². The summed E-state index contributed by atoms with van der Waals surface area (Å²) in [5.41, 5.74) is 2.62. The molecule has 1 amide bonds. The zero-order valence-electron chi connectivity index (χ0n) is 11.1. The first-order valence-corrected chi connectivity index (χ1v) is 7.77. The van der Waals surface area contributed by atoms with Crippen LogP contribution in [-0.2, 0) is 10.5 Å². The lowest BCUT2D eigenvalue weighted by Crippen LogP contribution is -2.33. The molecule has 100 valence electrons. The van der Waals surface area contributed by atoms with Crippen LogP contribution in [-0.4, -0.2) is 29.1 Å². The van der Waals surface area contributed by atoms with Gasteiger partial charge in [0.05, 0.1) is 6.54 Å². The fourth-order valence-corrected chi connectivity index (χ4v) is 3.35. The molecular weight excluding hydrogens is 256 g/mol. The summed E-state index contributed by atoms with van der Waals surface area (Å²) < 4.78 is 0. The van der Waals surface area contributed by atoms with Gasteiger partial charge in [0, 0.05) is 18.2 Å². The van der Waals surface area contributed by atoms with Crippen LogP contribution < -0.4 is 0 Å². The number of rotatable bonds is 3. The number of aryl methyl sites for hydroxylation is 1. The lowest BCUT2D eigenvalue weighted by Gasteiger charge is -2.17. The molecule has 3 nitrogen and oxygen atoms in total. The Hall–Kier alpha value is -1.29. The van der Waals surface area contributed by atoms with E-state index in [1.54, 1.807) is 11.8 Å². The average Bonchev–Trinajstić information content (AvgIpc) is 3.16. The monoisotopic (exact) mass is 274 g/mol. The molecule has 0 bridgehead atoms. The summed E-state index contributed by atoms with van der Waals surface area (Å²) in [5.74, 6) is 1.45. The number of hydrogen-bond donors (Lipinski definition) is 0. The Morgan fingerprint density at radius 1 is 1.42 bits per heavy atom. The summed E-state index contributed by atoms with van der Waals surface area (Å²) in [7, 11) is 0. The highest BCUT2D eigenvalue weighted by molar-refractivity contribution is 8.13. The van der Waals surface area contributed by atoms with Crippen LogP contribution in [0.15, 0.2) is 29.3 Å². The Kier molecular flexibility index (Phi) is 3.60. The van der Waals surface area contributed by atoms with Crippen molar-refractivity contribution in [2.24, 2.45) is 10.9 Å². The molecule has 1 fully saturated rings. The number of benzene rings is 1. The summed E-state index contributed by atoms with van der Waals surface area (Å²) in [5, 5.41) is 0.917. The molecule has 0 radical (unpaired) electrons. The first kappa shape index (κ1) is 12.7. The van der Waals surface area contributed by atoms with Crippen molar-refractivity contribution in [1.82, 2.24) is 4.90 Å². The minimum atomic E-state index is 0.280. The molecule has 0 saturated heterocycles. The summed E-state index contributed by atoms with van der Waals surface area (Å²) in [6.07, 6.45) is 2.12. The van der Waals surface area contributed by atoms with E-state index in [-0.39, 0.29) is 11.8 Å². The molecule has 1 aromatic rings. The molecule has 1 heterocycles. The van der Waals surface area contributed by atoms with Gasteiger partial charge in [-0.15, -0.1) is 0 Å². The van der Waals surface area contributed by atoms with Crippen LogP contribution in [0, 0.1) is 12.8 Å².